The molecule has 1 aromatic heterocycles. The lowest BCUT2D eigenvalue weighted by Gasteiger charge is -2.38. The summed E-state index contributed by atoms with van der Waals surface area (Å²) >= 11 is 0. The Bertz CT molecular complexity index is 389. The Morgan fingerprint density at radius 2 is 2.06 bits per heavy atom. The number of nitrogens with zero attached hydrogens (tertiary/aromatic N) is 1. The lowest BCUT2D eigenvalue weighted by atomic mass is 9.78. The Morgan fingerprint density at radius 3 is 2.56 bits per heavy atom. The summed E-state index contributed by atoms with van der Waals surface area (Å²) in [5.74, 6) is 1.99. The van der Waals surface area contributed by atoms with E-state index in [2.05, 4.69) is 31.7 Å². The molecule has 0 aliphatic carbocycles. The van der Waals surface area contributed by atoms with Crippen molar-refractivity contribution in [3.8, 4) is 0 Å². The third-order valence-electron chi connectivity index (χ3n) is 4.55. The lowest BCUT2D eigenvalue weighted by molar-refractivity contribution is 0.103. The Labute approximate surface area is 110 Å². The minimum atomic E-state index is 0.500. The fraction of sp³-hybridized carbons (Fsp3) is 0.733. The van der Waals surface area contributed by atoms with E-state index in [1.54, 1.807) is 0 Å². The highest BCUT2D eigenvalue weighted by atomic mass is 16.3. The third kappa shape index (κ3) is 2.96. The van der Waals surface area contributed by atoms with Crippen molar-refractivity contribution in [2.45, 2.75) is 53.1 Å². The molecule has 1 aliphatic rings. The summed E-state index contributed by atoms with van der Waals surface area (Å²) in [4.78, 5) is 2.50. The normalized spacial score (nSPS) is 20.2. The van der Waals surface area contributed by atoms with Gasteiger partial charge >= 0.3 is 0 Å². The predicted molar refractivity (Wildman–Crippen MR) is 74.2 cm³/mol. The third-order valence-corrected chi connectivity index (χ3v) is 4.55. The van der Waals surface area contributed by atoms with Crippen molar-refractivity contribution in [2.24, 2.45) is 11.1 Å². The van der Waals surface area contributed by atoms with E-state index in [0.717, 1.165) is 18.1 Å². The van der Waals surface area contributed by atoms with Crippen LogP contribution < -0.4 is 5.73 Å². The zero-order valence-corrected chi connectivity index (χ0v) is 12.0. The Hall–Kier alpha value is -0.800. The summed E-state index contributed by atoms with van der Waals surface area (Å²) in [5.41, 5.74) is 7.38. The standard InChI is InChI=1S/C15H26N2O/c1-4-15(3)5-7-17(8-6-15)11-13-9-12(2)14(10-16)18-13/h9H,4-8,10-11,16H2,1-3H3. The van der Waals surface area contributed by atoms with Gasteiger partial charge in [0, 0.05) is 0 Å². The SMILES string of the molecule is CCC1(C)CCN(Cc2cc(C)c(CN)o2)CC1. The van der Waals surface area contributed by atoms with Crippen LogP contribution in [-0.2, 0) is 13.1 Å². The molecule has 0 radical (unpaired) electrons. The van der Waals surface area contributed by atoms with E-state index >= 15 is 0 Å². The lowest BCUT2D eigenvalue weighted by Crippen LogP contribution is -2.37. The molecule has 0 bridgehead atoms. The smallest absolute Gasteiger partial charge is 0.120 e. The molecule has 18 heavy (non-hydrogen) atoms. The van der Waals surface area contributed by atoms with Gasteiger partial charge < -0.3 is 10.2 Å². The van der Waals surface area contributed by atoms with Gasteiger partial charge in [0.05, 0.1) is 13.1 Å². The van der Waals surface area contributed by atoms with Crippen LogP contribution in [0.1, 0.15) is 50.2 Å². The Kier molecular flexibility index (Phi) is 4.13. The highest BCUT2D eigenvalue weighted by Crippen LogP contribution is 2.34. The average molecular weight is 250 g/mol. The van der Waals surface area contributed by atoms with Crippen molar-refractivity contribution in [3.63, 3.8) is 0 Å². The first kappa shape index (κ1) is 13.6. The number of rotatable bonds is 4. The first-order chi connectivity index (χ1) is 8.56. The molecule has 3 nitrogen and oxygen atoms in total. The molecule has 1 aliphatic heterocycles. The van der Waals surface area contributed by atoms with Gasteiger partial charge in [-0.25, -0.2) is 0 Å². The van der Waals surface area contributed by atoms with Crippen molar-refractivity contribution in [2.75, 3.05) is 13.1 Å². The summed E-state index contributed by atoms with van der Waals surface area (Å²) in [7, 11) is 0. The second-order valence-corrected chi connectivity index (χ2v) is 5.96. The molecule has 2 heterocycles. The number of aryl methyl sites for hydroxylation is 1. The van der Waals surface area contributed by atoms with Crippen LogP contribution in [0.4, 0.5) is 0 Å². The molecule has 2 rings (SSSR count). The maximum Gasteiger partial charge on any atom is 0.120 e. The van der Waals surface area contributed by atoms with E-state index in [9.17, 15) is 0 Å². The Morgan fingerprint density at radius 1 is 1.39 bits per heavy atom. The van der Waals surface area contributed by atoms with Crippen LogP contribution in [0.3, 0.4) is 0 Å². The minimum Gasteiger partial charge on any atom is -0.463 e. The molecule has 0 aromatic carbocycles. The summed E-state index contributed by atoms with van der Waals surface area (Å²) in [6, 6.07) is 2.13. The van der Waals surface area contributed by atoms with Gasteiger partial charge in [-0.2, -0.15) is 0 Å². The maximum absolute atomic E-state index is 5.78. The molecule has 0 amide bonds. The largest absolute Gasteiger partial charge is 0.463 e. The number of furan rings is 1. The monoisotopic (exact) mass is 250 g/mol. The molecular formula is C15H26N2O. The second-order valence-electron chi connectivity index (χ2n) is 5.96. The maximum atomic E-state index is 5.78. The van der Waals surface area contributed by atoms with Crippen LogP contribution >= 0.6 is 0 Å². The van der Waals surface area contributed by atoms with Crippen molar-refractivity contribution < 1.29 is 4.42 Å². The van der Waals surface area contributed by atoms with E-state index in [4.69, 9.17) is 10.2 Å². The van der Waals surface area contributed by atoms with Crippen molar-refractivity contribution in [1.29, 1.82) is 0 Å². The average Bonchev–Trinajstić information content (AvgIpc) is 2.73. The van der Waals surface area contributed by atoms with Crippen molar-refractivity contribution >= 4 is 0 Å². The fourth-order valence-corrected chi connectivity index (χ4v) is 2.70. The number of nitrogens with two attached hydrogens (primary N) is 1. The van der Waals surface area contributed by atoms with Crippen molar-refractivity contribution in [1.82, 2.24) is 4.90 Å². The van der Waals surface area contributed by atoms with Gasteiger partial charge in [0.1, 0.15) is 11.5 Å². The van der Waals surface area contributed by atoms with Crippen molar-refractivity contribution in [3.05, 3.63) is 23.2 Å². The Balaban J connectivity index is 1.91. The van der Waals surface area contributed by atoms with E-state index in [-0.39, 0.29) is 0 Å². The zero-order chi connectivity index (χ0) is 13.2. The quantitative estimate of drug-likeness (QED) is 0.893. The van der Waals surface area contributed by atoms with E-state index in [1.807, 2.05) is 0 Å². The van der Waals surface area contributed by atoms with Gasteiger partial charge in [-0.15, -0.1) is 0 Å². The van der Waals surface area contributed by atoms with Crippen LogP contribution in [0.5, 0.6) is 0 Å². The van der Waals surface area contributed by atoms with E-state index in [0.29, 0.717) is 12.0 Å². The van der Waals surface area contributed by atoms with Crippen LogP contribution in [0, 0.1) is 12.3 Å². The highest BCUT2D eigenvalue weighted by Gasteiger charge is 2.28. The van der Waals surface area contributed by atoms with Gasteiger partial charge in [-0.05, 0) is 49.9 Å². The minimum absolute atomic E-state index is 0.500. The molecule has 0 atom stereocenters. The molecule has 1 saturated heterocycles. The molecule has 0 saturated carbocycles. The number of likely N-dealkylation sites (tertiary alicyclic amines) is 1. The molecule has 102 valence electrons. The van der Waals surface area contributed by atoms with E-state index in [1.165, 1.54) is 37.9 Å². The van der Waals surface area contributed by atoms with Crippen LogP contribution in [-0.4, -0.2) is 18.0 Å². The molecule has 1 fully saturated rings. The molecule has 0 unspecified atom stereocenters. The zero-order valence-electron chi connectivity index (χ0n) is 12.0. The summed E-state index contributed by atoms with van der Waals surface area (Å²) in [6.07, 6.45) is 3.89. The van der Waals surface area contributed by atoms with Crippen LogP contribution in [0.25, 0.3) is 0 Å². The summed E-state index contributed by atoms with van der Waals surface area (Å²) < 4.78 is 5.78. The van der Waals surface area contributed by atoms with Gasteiger partial charge in [0.15, 0.2) is 0 Å². The molecule has 0 spiro atoms. The summed E-state index contributed by atoms with van der Waals surface area (Å²) in [5, 5.41) is 0. The van der Waals surface area contributed by atoms with Gasteiger partial charge in [-0.3, -0.25) is 4.90 Å². The molecular weight excluding hydrogens is 224 g/mol. The molecule has 3 heteroatoms. The van der Waals surface area contributed by atoms with Gasteiger partial charge in [0.25, 0.3) is 0 Å². The van der Waals surface area contributed by atoms with Crippen LogP contribution in [0.2, 0.25) is 0 Å². The summed E-state index contributed by atoms with van der Waals surface area (Å²) in [6.45, 7) is 10.6. The first-order valence-electron chi connectivity index (χ1n) is 7.07. The van der Waals surface area contributed by atoms with Gasteiger partial charge in [0.2, 0.25) is 0 Å². The fourth-order valence-electron chi connectivity index (χ4n) is 2.70. The second kappa shape index (κ2) is 5.45. The van der Waals surface area contributed by atoms with Gasteiger partial charge in [-0.1, -0.05) is 20.3 Å². The number of hydrogen-bond acceptors (Lipinski definition) is 3. The highest BCUT2D eigenvalue weighted by molar-refractivity contribution is 5.19. The van der Waals surface area contributed by atoms with Crippen LogP contribution in [0.15, 0.2) is 10.5 Å². The molecule has 1 aromatic rings. The number of hydrogen-bond donors (Lipinski definition) is 1. The first-order valence-corrected chi connectivity index (χ1v) is 7.07. The number of piperidine rings is 1. The molecule has 2 N–H and O–H groups in total. The topological polar surface area (TPSA) is 42.4 Å². The predicted octanol–water partition coefficient (Wildman–Crippen LogP) is 3.06. The van der Waals surface area contributed by atoms with E-state index < -0.39 is 0 Å².